The first kappa shape index (κ1) is 13.9. The van der Waals surface area contributed by atoms with Crippen molar-refractivity contribution in [3.8, 4) is 0 Å². The summed E-state index contributed by atoms with van der Waals surface area (Å²) < 4.78 is 5.36. The van der Waals surface area contributed by atoms with Gasteiger partial charge in [-0.2, -0.15) is 0 Å². The van der Waals surface area contributed by atoms with Crippen LogP contribution in [-0.4, -0.2) is 17.0 Å². The number of carbonyl (C=O) groups excluding carboxylic acids is 1. The molecule has 0 aliphatic rings. The Kier molecular flexibility index (Phi) is 4.20. The predicted molar refractivity (Wildman–Crippen MR) is 73.8 cm³/mol. The average molecular weight is 273 g/mol. The van der Waals surface area contributed by atoms with Crippen molar-refractivity contribution in [2.24, 2.45) is 0 Å². The van der Waals surface area contributed by atoms with Gasteiger partial charge in [-0.15, -0.1) is 0 Å². The Morgan fingerprint density at radius 2 is 1.95 bits per heavy atom. The van der Waals surface area contributed by atoms with Gasteiger partial charge in [0.25, 0.3) is 5.91 Å². The number of hydrogen-bond acceptors (Lipinski definition) is 3. The summed E-state index contributed by atoms with van der Waals surface area (Å²) in [5.74, 6) is -0.388. The zero-order valence-electron chi connectivity index (χ0n) is 11.1. The zero-order chi connectivity index (χ0) is 14.5. The number of carboxylic acids is 1. The molecule has 104 valence electrons. The highest BCUT2D eigenvalue weighted by atomic mass is 16.4. The molecule has 1 aromatic carbocycles. The Morgan fingerprint density at radius 3 is 2.60 bits per heavy atom. The molecule has 20 heavy (non-hydrogen) atoms. The van der Waals surface area contributed by atoms with Crippen molar-refractivity contribution in [3.05, 3.63) is 53.5 Å². The molecule has 1 aromatic heterocycles. The number of aryl methyl sites for hydroxylation is 1. The second kappa shape index (κ2) is 6.06. The van der Waals surface area contributed by atoms with Gasteiger partial charge in [0.15, 0.2) is 5.76 Å². The SMILES string of the molecule is CCc1ccc(C(=O)Nc2ccccc2CC(=O)O)o1. The minimum atomic E-state index is -0.946. The minimum Gasteiger partial charge on any atom is -0.481 e. The maximum absolute atomic E-state index is 12.0. The van der Waals surface area contributed by atoms with Gasteiger partial charge in [0.05, 0.1) is 6.42 Å². The third-order valence-corrected chi connectivity index (χ3v) is 2.84. The summed E-state index contributed by atoms with van der Waals surface area (Å²) >= 11 is 0. The minimum absolute atomic E-state index is 0.144. The average Bonchev–Trinajstić information content (AvgIpc) is 2.89. The van der Waals surface area contributed by atoms with Crippen LogP contribution in [0.15, 0.2) is 40.8 Å². The van der Waals surface area contributed by atoms with Crippen molar-refractivity contribution in [2.75, 3.05) is 5.32 Å². The van der Waals surface area contributed by atoms with Crippen molar-refractivity contribution < 1.29 is 19.1 Å². The van der Waals surface area contributed by atoms with Gasteiger partial charge in [0.2, 0.25) is 0 Å². The smallest absolute Gasteiger partial charge is 0.307 e. The Hall–Kier alpha value is -2.56. The molecular weight excluding hydrogens is 258 g/mol. The van der Waals surface area contributed by atoms with Gasteiger partial charge in [-0.05, 0) is 23.8 Å². The highest BCUT2D eigenvalue weighted by Gasteiger charge is 2.13. The fourth-order valence-electron chi connectivity index (χ4n) is 1.83. The predicted octanol–water partition coefficient (Wildman–Crippen LogP) is 2.72. The number of carbonyl (C=O) groups is 2. The van der Waals surface area contributed by atoms with Crippen LogP contribution in [0.3, 0.4) is 0 Å². The number of anilines is 1. The number of hydrogen-bond donors (Lipinski definition) is 2. The maximum atomic E-state index is 12.0. The molecule has 2 rings (SSSR count). The molecule has 0 saturated carbocycles. The van der Waals surface area contributed by atoms with Crippen LogP contribution in [0.4, 0.5) is 5.69 Å². The summed E-state index contributed by atoms with van der Waals surface area (Å²) in [7, 11) is 0. The molecule has 0 spiro atoms. The molecule has 0 bridgehead atoms. The lowest BCUT2D eigenvalue weighted by atomic mass is 10.1. The number of rotatable bonds is 5. The van der Waals surface area contributed by atoms with E-state index in [0.717, 1.165) is 5.76 Å². The third-order valence-electron chi connectivity index (χ3n) is 2.84. The van der Waals surface area contributed by atoms with E-state index in [-0.39, 0.29) is 18.1 Å². The van der Waals surface area contributed by atoms with E-state index in [0.29, 0.717) is 17.7 Å². The number of nitrogens with one attached hydrogen (secondary N) is 1. The van der Waals surface area contributed by atoms with Gasteiger partial charge in [-0.3, -0.25) is 9.59 Å². The number of benzene rings is 1. The van der Waals surface area contributed by atoms with Gasteiger partial charge >= 0.3 is 5.97 Å². The van der Waals surface area contributed by atoms with Crippen LogP contribution >= 0.6 is 0 Å². The van der Waals surface area contributed by atoms with Crippen molar-refractivity contribution in [2.45, 2.75) is 19.8 Å². The van der Waals surface area contributed by atoms with Crippen LogP contribution in [0.5, 0.6) is 0 Å². The third kappa shape index (κ3) is 3.26. The quantitative estimate of drug-likeness (QED) is 0.877. The Labute approximate surface area is 116 Å². The highest BCUT2D eigenvalue weighted by molar-refractivity contribution is 6.02. The molecule has 2 N–H and O–H groups in total. The number of aliphatic carboxylic acids is 1. The Morgan fingerprint density at radius 1 is 1.20 bits per heavy atom. The number of carboxylic acid groups (broad SMARTS) is 1. The fourth-order valence-corrected chi connectivity index (χ4v) is 1.83. The standard InChI is InChI=1S/C15H15NO4/c1-2-11-7-8-13(20-11)15(19)16-12-6-4-3-5-10(12)9-14(17)18/h3-8H,2,9H2,1H3,(H,16,19)(H,17,18). The van der Waals surface area contributed by atoms with E-state index >= 15 is 0 Å². The lowest BCUT2D eigenvalue weighted by Gasteiger charge is -2.08. The van der Waals surface area contributed by atoms with Crippen LogP contribution in [0.1, 0.15) is 28.8 Å². The Bertz CT molecular complexity index is 630. The molecule has 0 fully saturated rings. The summed E-state index contributed by atoms with van der Waals surface area (Å²) in [6.45, 7) is 1.93. The number of amides is 1. The van der Waals surface area contributed by atoms with E-state index in [4.69, 9.17) is 9.52 Å². The van der Waals surface area contributed by atoms with Crippen LogP contribution in [0.2, 0.25) is 0 Å². The van der Waals surface area contributed by atoms with Crippen molar-refractivity contribution >= 4 is 17.6 Å². The maximum Gasteiger partial charge on any atom is 0.307 e. The molecule has 2 aromatic rings. The van der Waals surface area contributed by atoms with Crippen LogP contribution in [0.25, 0.3) is 0 Å². The topological polar surface area (TPSA) is 79.5 Å². The lowest BCUT2D eigenvalue weighted by molar-refractivity contribution is -0.136. The molecule has 1 amide bonds. The molecule has 5 nitrogen and oxygen atoms in total. The van der Waals surface area contributed by atoms with E-state index in [1.165, 1.54) is 0 Å². The molecule has 0 saturated heterocycles. The van der Waals surface area contributed by atoms with Crippen LogP contribution < -0.4 is 5.32 Å². The van der Waals surface area contributed by atoms with E-state index in [2.05, 4.69) is 5.32 Å². The molecular formula is C15H15NO4. The normalized spacial score (nSPS) is 10.2. The van der Waals surface area contributed by atoms with E-state index < -0.39 is 5.97 Å². The lowest BCUT2D eigenvalue weighted by Crippen LogP contribution is -2.13. The van der Waals surface area contributed by atoms with E-state index in [1.807, 2.05) is 6.92 Å². The Balaban J connectivity index is 2.17. The summed E-state index contributed by atoms with van der Waals surface area (Å²) in [5, 5.41) is 11.5. The van der Waals surface area contributed by atoms with E-state index in [1.54, 1.807) is 36.4 Å². The van der Waals surface area contributed by atoms with Crippen molar-refractivity contribution in [1.29, 1.82) is 0 Å². The molecule has 0 radical (unpaired) electrons. The zero-order valence-corrected chi connectivity index (χ0v) is 11.1. The van der Waals surface area contributed by atoms with Crippen LogP contribution in [-0.2, 0) is 17.6 Å². The molecule has 1 heterocycles. The van der Waals surface area contributed by atoms with Crippen molar-refractivity contribution in [3.63, 3.8) is 0 Å². The summed E-state index contributed by atoms with van der Waals surface area (Å²) in [5.41, 5.74) is 1.03. The number of para-hydroxylation sites is 1. The van der Waals surface area contributed by atoms with Gasteiger partial charge in [0.1, 0.15) is 5.76 Å². The summed E-state index contributed by atoms with van der Waals surface area (Å²) in [4.78, 5) is 22.8. The van der Waals surface area contributed by atoms with Crippen LogP contribution in [0, 0.1) is 0 Å². The first-order valence-electron chi connectivity index (χ1n) is 6.30. The van der Waals surface area contributed by atoms with Gasteiger partial charge < -0.3 is 14.8 Å². The van der Waals surface area contributed by atoms with Gasteiger partial charge in [-0.1, -0.05) is 25.1 Å². The summed E-state index contributed by atoms with van der Waals surface area (Å²) in [6, 6.07) is 10.2. The largest absolute Gasteiger partial charge is 0.481 e. The van der Waals surface area contributed by atoms with Crippen molar-refractivity contribution in [1.82, 2.24) is 0 Å². The molecule has 0 aliphatic carbocycles. The summed E-state index contributed by atoms with van der Waals surface area (Å²) in [6.07, 6.45) is 0.567. The van der Waals surface area contributed by atoms with E-state index in [9.17, 15) is 9.59 Å². The second-order valence-corrected chi connectivity index (χ2v) is 4.30. The monoisotopic (exact) mass is 273 g/mol. The van der Waals surface area contributed by atoms with Gasteiger partial charge in [0, 0.05) is 12.1 Å². The fraction of sp³-hybridized carbons (Fsp3) is 0.200. The first-order chi connectivity index (χ1) is 9.60. The highest BCUT2D eigenvalue weighted by Crippen LogP contribution is 2.18. The van der Waals surface area contributed by atoms with Gasteiger partial charge in [-0.25, -0.2) is 0 Å². The molecule has 0 atom stereocenters. The second-order valence-electron chi connectivity index (χ2n) is 4.30. The molecule has 0 unspecified atom stereocenters. The first-order valence-corrected chi connectivity index (χ1v) is 6.30. The molecule has 5 heteroatoms. The number of furan rings is 1. The molecule has 0 aliphatic heterocycles.